The summed E-state index contributed by atoms with van der Waals surface area (Å²) < 4.78 is 34.5. The Kier molecular flexibility index (Phi) is 49.3. The Morgan fingerprint density at radius 2 is 0.765 bits per heavy atom. The number of unbranched alkanes of at least 4 members (excludes halogenated alkanes) is 36. The predicted octanol–water partition coefficient (Wildman–Crippen LogP) is 17.8. The van der Waals surface area contributed by atoms with Gasteiger partial charge in [0.1, 0.15) is 19.8 Å². The minimum atomic E-state index is -4.39. The maximum Gasteiger partial charge on any atom is 0.472 e. The molecule has 9 nitrogen and oxygen atoms in total. The Bertz CT molecular complexity index is 1200. The molecule has 0 aromatic carbocycles. The lowest BCUT2D eigenvalue weighted by atomic mass is 10.0. The molecular weight excluding hydrogens is 870 g/mol. The quantitative estimate of drug-likeness (QED) is 0.0211. The van der Waals surface area contributed by atoms with Crippen LogP contribution in [0.15, 0.2) is 24.3 Å². The monoisotopic (exact) mass is 983 g/mol. The zero-order valence-corrected chi connectivity index (χ0v) is 46.5. The number of carbonyl (C=O) groups is 2. The summed E-state index contributed by atoms with van der Waals surface area (Å²) in [5, 5.41) is 0. The van der Waals surface area contributed by atoms with Crippen LogP contribution in [0.25, 0.3) is 0 Å². The molecule has 0 saturated carbocycles. The summed E-state index contributed by atoms with van der Waals surface area (Å²) in [5.41, 5.74) is 0. The van der Waals surface area contributed by atoms with E-state index in [1.54, 1.807) is 0 Å². The van der Waals surface area contributed by atoms with Gasteiger partial charge in [-0.2, -0.15) is 0 Å². The van der Waals surface area contributed by atoms with Crippen LogP contribution < -0.4 is 0 Å². The second-order valence-corrected chi connectivity index (χ2v) is 22.5. The molecule has 0 fully saturated rings. The van der Waals surface area contributed by atoms with Crippen molar-refractivity contribution in [1.82, 2.24) is 0 Å². The summed E-state index contributed by atoms with van der Waals surface area (Å²) in [6, 6.07) is 0. The van der Waals surface area contributed by atoms with Crippen molar-refractivity contribution in [3.8, 4) is 0 Å². The summed E-state index contributed by atoms with van der Waals surface area (Å²) in [5.74, 6) is -0.822. The van der Waals surface area contributed by atoms with Crippen molar-refractivity contribution in [3.63, 3.8) is 0 Å². The molecule has 0 spiro atoms. The number of hydrogen-bond acceptors (Lipinski definition) is 7. The number of allylic oxidation sites excluding steroid dienone is 4. The highest BCUT2D eigenvalue weighted by molar-refractivity contribution is 7.47. The molecule has 0 aromatic rings. The molecule has 0 saturated heterocycles. The molecule has 10 heteroatoms. The molecule has 68 heavy (non-hydrogen) atoms. The number of nitrogens with zero attached hydrogens (tertiary/aromatic N) is 1. The van der Waals surface area contributed by atoms with Crippen molar-refractivity contribution in [2.75, 3.05) is 47.5 Å². The second kappa shape index (κ2) is 50.4. The van der Waals surface area contributed by atoms with E-state index in [9.17, 15) is 19.0 Å². The molecule has 0 aliphatic carbocycles. The van der Waals surface area contributed by atoms with Crippen LogP contribution in [0.4, 0.5) is 0 Å². The first-order chi connectivity index (χ1) is 33.0. The van der Waals surface area contributed by atoms with Crippen LogP contribution in [0.2, 0.25) is 0 Å². The summed E-state index contributed by atoms with van der Waals surface area (Å²) in [6.07, 6.45) is 59.7. The van der Waals surface area contributed by atoms with Crippen LogP contribution in [0, 0.1) is 0 Å². The molecule has 2 atom stereocenters. The van der Waals surface area contributed by atoms with Gasteiger partial charge in [0.05, 0.1) is 27.7 Å². The molecule has 1 unspecified atom stereocenters. The molecule has 0 aliphatic heterocycles. The van der Waals surface area contributed by atoms with Crippen molar-refractivity contribution < 1.29 is 42.1 Å². The Balaban J connectivity index is 4.17. The van der Waals surface area contributed by atoms with Crippen LogP contribution in [0.5, 0.6) is 0 Å². The Labute approximate surface area is 421 Å². The van der Waals surface area contributed by atoms with Gasteiger partial charge < -0.3 is 18.9 Å². The van der Waals surface area contributed by atoms with Crippen LogP contribution in [-0.2, 0) is 32.7 Å². The van der Waals surface area contributed by atoms with Crippen molar-refractivity contribution in [1.29, 1.82) is 0 Å². The number of likely N-dealkylation sites (N-methyl/N-ethyl adjacent to an activating group) is 1. The maximum absolute atomic E-state index is 12.8. The number of rotatable bonds is 54. The lowest BCUT2D eigenvalue weighted by Crippen LogP contribution is -2.37. The van der Waals surface area contributed by atoms with Crippen molar-refractivity contribution >= 4 is 19.8 Å². The molecule has 0 radical (unpaired) electrons. The van der Waals surface area contributed by atoms with Gasteiger partial charge in [0.2, 0.25) is 0 Å². The molecule has 0 heterocycles. The highest BCUT2D eigenvalue weighted by Gasteiger charge is 2.27. The summed E-state index contributed by atoms with van der Waals surface area (Å²) in [6.45, 7) is 4.45. The topological polar surface area (TPSA) is 108 Å². The number of phosphoric ester groups is 1. The number of carbonyl (C=O) groups excluding carboxylic acids is 2. The van der Waals surface area contributed by atoms with E-state index in [1.807, 2.05) is 21.1 Å². The largest absolute Gasteiger partial charge is 0.472 e. The fourth-order valence-corrected chi connectivity index (χ4v) is 9.17. The fraction of sp³-hybridized carbons (Fsp3) is 0.897. The fourth-order valence-electron chi connectivity index (χ4n) is 8.43. The molecule has 0 aliphatic rings. The first-order valence-corrected chi connectivity index (χ1v) is 30.6. The molecule has 0 bridgehead atoms. The van der Waals surface area contributed by atoms with Crippen molar-refractivity contribution in [3.05, 3.63) is 24.3 Å². The van der Waals surface area contributed by atoms with Gasteiger partial charge in [-0.1, -0.05) is 237 Å². The number of hydrogen-bond donors (Lipinski definition) is 1. The van der Waals surface area contributed by atoms with E-state index < -0.39 is 26.5 Å². The van der Waals surface area contributed by atoms with E-state index in [2.05, 4.69) is 38.2 Å². The van der Waals surface area contributed by atoms with E-state index in [-0.39, 0.29) is 32.0 Å². The summed E-state index contributed by atoms with van der Waals surface area (Å²) in [7, 11) is 1.47. The molecule has 0 amide bonds. The van der Waals surface area contributed by atoms with Gasteiger partial charge in [0.25, 0.3) is 0 Å². The zero-order chi connectivity index (χ0) is 49.9. The highest BCUT2D eigenvalue weighted by atomic mass is 31.2. The average molecular weight is 984 g/mol. The van der Waals surface area contributed by atoms with Gasteiger partial charge in [-0.3, -0.25) is 18.6 Å². The third kappa shape index (κ3) is 53.8. The van der Waals surface area contributed by atoms with Crippen LogP contribution in [-0.4, -0.2) is 74.9 Å². The molecule has 0 rings (SSSR count). The van der Waals surface area contributed by atoms with Gasteiger partial charge in [0, 0.05) is 12.8 Å². The minimum Gasteiger partial charge on any atom is -0.462 e. The molecule has 1 N–H and O–H groups in total. The molecule has 0 aromatic heterocycles. The van der Waals surface area contributed by atoms with Gasteiger partial charge >= 0.3 is 19.8 Å². The lowest BCUT2D eigenvalue weighted by molar-refractivity contribution is -0.870. The second-order valence-electron chi connectivity index (χ2n) is 21.0. The van der Waals surface area contributed by atoms with Crippen molar-refractivity contribution in [2.45, 2.75) is 290 Å². The van der Waals surface area contributed by atoms with Gasteiger partial charge in [-0.15, -0.1) is 0 Å². The first-order valence-electron chi connectivity index (χ1n) is 29.1. The predicted molar refractivity (Wildman–Crippen MR) is 289 cm³/mol. The smallest absolute Gasteiger partial charge is 0.462 e. The average Bonchev–Trinajstić information content (AvgIpc) is 3.30. The normalized spacial score (nSPS) is 13.4. The lowest BCUT2D eigenvalue weighted by Gasteiger charge is -2.24. The van der Waals surface area contributed by atoms with E-state index >= 15 is 0 Å². The summed E-state index contributed by atoms with van der Waals surface area (Å²) >= 11 is 0. The standard InChI is InChI=1S/C58H112NO8P/c1-6-8-10-12-14-16-18-20-22-24-26-28-29-31-33-35-37-39-41-43-45-47-49-51-58(61)67-56(55-66-68(62,63)65-53-52-59(3,4)5)54-64-57(60)50-48-46-44-42-40-38-36-34-32-30-27-25-23-21-19-17-15-13-11-9-7-2/h21,23,43,45,56H,6-20,22,24-42,44,46-55H2,1-5H3/p+1/b23-21+,45-43+/t56-/m1/s1. The SMILES string of the molecule is CCCCCCCC/C=C/CCCCCCCCCCCCCC(=O)OC[C@H](COP(=O)(O)OCC[N+](C)(C)C)OC(=O)CCC/C=C/CCCCCCCCCCCCCCCCCCCC. The van der Waals surface area contributed by atoms with Crippen LogP contribution >= 0.6 is 7.82 Å². The Hall–Kier alpha value is -1.51. The highest BCUT2D eigenvalue weighted by Crippen LogP contribution is 2.43. The zero-order valence-electron chi connectivity index (χ0n) is 45.6. The third-order valence-electron chi connectivity index (χ3n) is 13.0. The Morgan fingerprint density at radius 3 is 1.13 bits per heavy atom. The van der Waals surface area contributed by atoms with Crippen LogP contribution in [0.1, 0.15) is 284 Å². The first kappa shape index (κ1) is 66.5. The third-order valence-corrected chi connectivity index (χ3v) is 13.9. The van der Waals surface area contributed by atoms with E-state index in [0.717, 1.165) is 32.1 Å². The van der Waals surface area contributed by atoms with Gasteiger partial charge in [-0.05, 0) is 57.8 Å². The van der Waals surface area contributed by atoms with Gasteiger partial charge in [0.15, 0.2) is 6.10 Å². The van der Waals surface area contributed by atoms with Crippen LogP contribution in [0.3, 0.4) is 0 Å². The summed E-state index contributed by atoms with van der Waals surface area (Å²) in [4.78, 5) is 35.6. The molecular formula is C58H113NO8P+. The van der Waals surface area contributed by atoms with E-state index in [0.29, 0.717) is 17.4 Å². The maximum atomic E-state index is 12.8. The Morgan fingerprint density at radius 1 is 0.441 bits per heavy atom. The number of quaternary nitrogens is 1. The molecule has 402 valence electrons. The number of ether oxygens (including phenoxy) is 2. The van der Waals surface area contributed by atoms with Crippen molar-refractivity contribution in [2.24, 2.45) is 0 Å². The van der Waals surface area contributed by atoms with E-state index in [4.69, 9.17) is 18.5 Å². The minimum absolute atomic E-state index is 0.0292. The number of phosphoric acid groups is 1. The van der Waals surface area contributed by atoms with E-state index in [1.165, 1.54) is 218 Å². The number of esters is 2. The van der Waals surface area contributed by atoms with Gasteiger partial charge in [-0.25, -0.2) is 4.57 Å².